The summed E-state index contributed by atoms with van der Waals surface area (Å²) in [6.45, 7) is 1.16. The Labute approximate surface area is 154 Å². The molecule has 1 N–H and O–H groups in total. The normalized spacial score (nSPS) is 40.2. The molecule has 1 saturated carbocycles. The molecule has 0 aromatic heterocycles. The van der Waals surface area contributed by atoms with Crippen molar-refractivity contribution in [3.05, 3.63) is 23.3 Å². The number of quaternary nitrogens is 1. The first kappa shape index (κ1) is 16.7. The highest BCUT2D eigenvalue weighted by atomic mass is 79.9. The number of nitrogens with zero attached hydrogens (tertiary/aromatic N) is 1. The van der Waals surface area contributed by atoms with Gasteiger partial charge in [0.1, 0.15) is 6.10 Å². The molecule has 132 valence electrons. The van der Waals surface area contributed by atoms with Crippen LogP contribution >= 0.6 is 0 Å². The fourth-order valence-electron chi connectivity index (χ4n) is 6.24. The van der Waals surface area contributed by atoms with Crippen LogP contribution in [0.2, 0.25) is 0 Å². The fourth-order valence-corrected chi connectivity index (χ4v) is 6.24. The smallest absolute Gasteiger partial charge is 0.165 e. The first-order valence-electron chi connectivity index (χ1n) is 8.87. The van der Waals surface area contributed by atoms with Crippen LogP contribution in [0.25, 0.3) is 0 Å². The summed E-state index contributed by atoms with van der Waals surface area (Å²) in [6, 6.07) is 4.92. The molecule has 2 fully saturated rings. The van der Waals surface area contributed by atoms with Crippen LogP contribution in [-0.4, -0.2) is 55.6 Å². The van der Waals surface area contributed by atoms with Crippen molar-refractivity contribution < 1.29 is 36.0 Å². The van der Waals surface area contributed by atoms with Crippen molar-refractivity contribution in [2.75, 3.05) is 27.7 Å². The number of methoxy groups -OCH3 is 1. The number of aliphatic hydroxyl groups is 1. The molecule has 24 heavy (non-hydrogen) atoms. The van der Waals surface area contributed by atoms with Crippen LogP contribution in [0.1, 0.15) is 30.4 Å². The molecule has 0 radical (unpaired) electrons. The SMILES string of the molecule is COc1ccc2c3c1O[C@H]1[C@@H](O)CC[C@H]4[C@@H](C2)[N+](C)(C)CC[C@@]341.[Br-]. The molecular weight excluding hydrogens is 370 g/mol. The number of hydrogen-bond acceptors (Lipinski definition) is 3. The Morgan fingerprint density at radius 3 is 2.83 bits per heavy atom. The van der Waals surface area contributed by atoms with Gasteiger partial charge in [-0.15, -0.1) is 0 Å². The lowest BCUT2D eigenvalue weighted by atomic mass is 9.51. The molecule has 0 amide bonds. The number of piperidine rings is 1. The van der Waals surface area contributed by atoms with Gasteiger partial charge in [-0.3, -0.25) is 0 Å². The molecule has 1 saturated heterocycles. The maximum Gasteiger partial charge on any atom is 0.165 e. The number of likely N-dealkylation sites (tertiary alicyclic amines) is 1. The molecular formula is C19H26BrNO3. The monoisotopic (exact) mass is 395 g/mol. The van der Waals surface area contributed by atoms with Crippen LogP contribution < -0.4 is 26.5 Å². The van der Waals surface area contributed by atoms with Gasteiger partial charge in [0, 0.05) is 24.3 Å². The number of halogens is 1. The molecule has 4 nitrogen and oxygen atoms in total. The molecule has 4 aliphatic rings. The molecule has 2 aliphatic carbocycles. The molecule has 1 aromatic rings. The van der Waals surface area contributed by atoms with E-state index in [4.69, 9.17) is 9.47 Å². The predicted molar refractivity (Wildman–Crippen MR) is 86.9 cm³/mol. The highest BCUT2D eigenvalue weighted by molar-refractivity contribution is 5.60. The summed E-state index contributed by atoms with van der Waals surface area (Å²) in [5, 5.41) is 10.7. The van der Waals surface area contributed by atoms with E-state index in [0.29, 0.717) is 12.0 Å². The Morgan fingerprint density at radius 2 is 2.08 bits per heavy atom. The van der Waals surface area contributed by atoms with Crippen LogP contribution in [0.3, 0.4) is 0 Å². The van der Waals surface area contributed by atoms with Gasteiger partial charge in [-0.05, 0) is 24.5 Å². The van der Waals surface area contributed by atoms with Crippen LogP contribution in [0, 0.1) is 5.92 Å². The van der Waals surface area contributed by atoms with Crippen LogP contribution in [0.4, 0.5) is 0 Å². The number of rotatable bonds is 1. The second kappa shape index (κ2) is 5.12. The molecule has 1 spiro atoms. The zero-order valence-corrected chi connectivity index (χ0v) is 16.2. The van der Waals surface area contributed by atoms with Gasteiger partial charge in [0.15, 0.2) is 11.5 Å². The quantitative estimate of drug-likeness (QED) is 0.611. The van der Waals surface area contributed by atoms with Crippen molar-refractivity contribution in [1.82, 2.24) is 0 Å². The van der Waals surface area contributed by atoms with Crippen LogP contribution in [0.15, 0.2) is 12.1 Å². The Hall–Kier alpha value is -0.780. The van der Waals surface area contributed by atoms with E-state index in [1.807, 2.05) is 6.07 Å². The summed E-state index contributed by atoms with van der Waals surface area (Å²) >= 11 is 0. The predicted octanol–water partition coefficient (Wildman–Crippen LogP) is -1.13. The molecule has 5 rings (SSSR count). The van der Waals surface area contributed by atoms with Gasteiger partial charge in [0.05, 0.1) is 45.3 Å². The summed E-state index contributed by atoms with van der Waals surface area (Å²) in [5.41, 5.74) is 2.80. The average molecular weight is 396 g/mol. The van der Waals surface area contributed by atoms with Crippen molar-refractivity contribution in [2.45, 2.75) is 49.3 Å². The minimum atomic E-state index is -0.358. The summed E-state index contributed by atoms with van der Waals surface area (Å²) < 4.78 is 13.1. The first-order valence-corrected chi connectivity index (χ1v) is 8.87. The molecule has 1 aromatic carbocycles. The zero-order valence-electron chi connectivity index (χ0n) is 14.6. The Kier molecular flexibility index (Phi) is 3.56. The third kappa shape index (κ3) is 1.76. The van der Waals surface area contributed by atoms with E-state index < -0.39 is 0 Å². The molecule has 5 heteroatoms. The largest absolute Gasteiger partial charge is 1.00 e. The summed E-state index contributed by atoms with van der Waals surface area (Å²) in [4.78, 5) is 0. The molecule has 0 unspecified atom stereocenters. The fraction of sp³-hybridized carbons (Fsp3) is 0.684. The number of aliphatic hydroxyl groups excluding tert-OH is 1. The molecule has 2 heterocycles. The van der Waals surface area contributed by atoms with Crippen molar-refractivity contribution in [3.63, 3.8) is 0 Å². The van der Waals surface area contributed by atoms with Crippen molar-refractivity contribution in [1.29, 1.82) is 0 Å². The minimum absolute atomic E-state index is 0. The van der Waals surface area contributed by atoms with E-state index in [-0.39, 0.29) is 34.6 Å². The number of likely N-dealkylation sites (N-methyl/N-ethyl adjacent to an activating group) is 1. The van der Waals surface area contributed by atoms with Gasteiger partial charge in [-0.25, -0.2) is 0 Å². The van der Waals surface area contributed by atoms with Gasteiger partial charge in [-0.2, -0.15) is 0 Å². The minimum Gasteiger partial charge on any atom is -1.00 e. The average Bonchev–Trinajstić information content (AvgIpc) is 2.88. The highest BCUT2D eigenvalue weighted by Gasteiger charge is 2.68. The van der Waals surface area contributed by atoms with E-state index >= 15 is 0 Å². The highest BCUT2D eigenvalue weighted by Crippen LogP contribution is 2.64. The van der Waals surface area contributed by atoms with E-state index in [9.17, 15) is 5.11 Å². The van der Waals surface area contributed by atoms with E-state index in [0.717, 1.165) is 48.2 Å². The maximum atomic E-state index is 10.7. The van der Waals surface area contributed by atoms with Gasteiger partial charge >= 0.3 is 0 Å². The second-order valence-corrected chi connectivity index (χ2v) is 8.48. The van der Waals surface area contributed by atoms with E-state index in [1.54, 1.807) is 7.11 Å². The van der Waals surface area contributed by atoms with Gasteiger partial charge in [0.25, 0.3) is 0 Å². The summed E-state index contributed by atoms with van der Waals surface area (Å²) in [6.07, 6.45) is 3.76. The van der Waals surface area contributed by atoms with E-state index in [1.165, 1.54) is 11.1 Å². The molecule has 5 atom stereocenters. The summed E-state index contributed by atoms with van der Waals surface area (Å²) in [7, 11) is 6.47. The lowest BCUT2D eigenvalue weighted by Crippen LogP contribution is -3.00. The van der Waals surface area contributed by atoms with E-state index in [2.05, 4.69) is 20.2 Å². The van der Waals surface area contributed by atoms with Crippen molar-refractivity contribution >= 4 is 0 Å². The first-order chi connectivity index (χ1) is 11.0. The lowest BCUT2D eigenvalue weighted by molar-refractivity contribution is -0.927. The van der Waals surface area contributed by atoms with Gasteiger partial charge < -0.3 is 36.0 Å². The van der Waals surface area contributed by atoms with Crippen LogP contribution in [-0.2, 0) is 11.8 Å². The van der Waals surface area contributed by atoms with Crippen molar-refractivity contribution in [3.8, 4) is 11.5 Å². The Balaban J connectivity index is 0.00000146. The molecule has 2 aliphatic heterocycles. The lowest BCUT2D eigenvalue weighted by Gasteiger charge is -2.60. The number of ether oxygens (including phenoxy) is 2. The summed E-state index contributed by atoms with van der Waals surface area (Å²) in [5.74, 6) is 2.36. The third-order valence-corrected chi connectivity index (χ3v) is 7.32. The van der Waals surface area contributed by atoms with Crippen molar-refractivity contribution in [2.24, 2.45) is 5.92 Å². The number of benzene rings is 1. The van der Waals surface area contributed by atoms with Gasteiger partial charge in [-0.1, -0.05) is 6.07 Å². The third-order valence-electron chi connectivity index (χ3n) is 7.32. The molecule has 2 bridgehead atoms. The zero-order chi connectivity index (χ0) is 16.0. The van der Waals surface area contributed by atoms with Crippen LogP contribution in [0.5, 0.6) is 11.5 Å². The Morgan fingerprint density at radius 1 is 1.29 bits per heavy atom. The number of hydrogen-bond donors (Lipinski definition) is 1. The Bertz CT molecular complexity index is 691. The second-order valence-electron chi connectivity index (χ2n) is 8.48. The van der Waals surface area contributed by atoms with Gasteiger partial charge in [0.2, 0.25) is 0 Å². The standard InChI is InChI=1S/C19H26NO3.BrH/c1-20(2)9-8-19-12-5-6-14(21)18(19)23-17-15(22-3)7-4-11(16(17)19)10-13(12)20;/h4,7,12-14,18,21H,5-6,8-10H2,1-3H3;1H/q+1;/p-1/t12-,13+,14-,18-,19-;/m0./s1. The topological polar surface area (TPSA) is 38.7 Å². The maximum absolute atomic E-state index is 10.7.